The van der Waals surface area contributed by atoms with E-state index < -0.39 is 0 Å². The van der Waals surface area contributed by atoms with Gasteiger partial charge < -0.3 is 15.0 Å². The average Bonchev–Trinajstić information content (AvgIpc) is 3.34. The third-order valence-corrected chi connectivity index (χ3v) is 6.84. The highest BCUT2D eigenvalue weighted by atomic mass is 16.5. The monoisotopic (exact) mass is 425 g/mol. The Morgan fingerprint density at radius 2 is 2.06 bits per heavy atom. The summed E-state index contributed by atoms with van der Waals surface area (Å²) in [5, 5.41) is 7.35. The van der Waals surface area contributed by atoms with Gasteiger partial charge in [-0.2, -0.15) is 5.10 Å². The van der Waals surface area contributed by atoms with E-state index in [0.29, 0.717) is 29.1 Å². The van der Waals surface area contributed by atoms with Crippen molar-refractivity contribution in [2.45, 2.75) is 38.5 Å². The summed E-state index contributed by atoms with van der Waals surface area (Å²) in [6.45, 7) is 5.12. The first kappa shape index (κ1) is 22.0. The van der Waals surface area contributed by atoms with E-state index in [0.717, 1.165) is 26.2 Å². The summed E-state index contributed by atoms with van der Waals surface area (Å²) < 4.78 is 7.08. The van der Waals surface area contributed by atoms with E-state index in [-0.39, 0.29) is 5.91 Å². The molecule has 2 unspecified atom stereocenters. The molecule has 7 nitrogen and oxygen atoms in total. The number of rotatable bonds is 8. The van der Waals surface area contributed by atoms with Gasteiger partial charge in [0.05, 0.1) is 12.2 Å². The Kier molecular flexibility index (Phi) is 7.70. The van der Waals surface area contributed by atoms with E-state index in [4.69, 9.17) is 4.74 Å². The highest BCUT2D eigenvalue weighted by Gasteiger charge is 2.29. The summed E-state index contributed by atoms with van der Waals surface area (Å²) in [5.74, 6) is 2.55. The number of pyridine rings is 1. The number of methoxy groups -OCH3 is 1. The van der Waals surface area contributed by atoms with Gasteiger partial charge in [-0.05, 0) is 68.2 Å². The Morgan fingerprint density at radius 1 is 1.19 bits per heavy atom. The fraction of sp³-hybridized carbons (Fsp3) is 0.625. The minimum absolute atomic E-state index is 0.0398. The lowest BCUT2D eigenvalue weighted by Crippen LogP contribution is -2.43. The van der Waals surface area contributed by atoms with E-state index in [9.17, 15) is 4.79 Å². The Morgan fingerprint density at radius 3 is 2.81 bits per heavy atom. The zero-order valence-corrected chi connectivity index (χ0v) is 18.6. The third-order valence-electron chi connectivity index (χ3n) is 6.84. The molecule has 2 aromatic heterocycles. The molecule has 1 N–H and O–H groups in total. The number of carbonyl (C=O) groups is 1. The molecule has 3 heterocycles. The van der Waals surface area contributed by atoms with Crippen LogP contribution in [0.25, 0.3) is 5.82 Å². The lowest BCUT2D eigenvalue weighted by Gasteiger charge is -2.39. The number of hydrogen-bond acceptors (Lipinski definition) is 5. The number of hydrogen-bond donors (Lipinski definition) is 1. The van der Waals surface area contributed by atoms with Gasteiger partial charge in [0.2, 0.25) is 0 Å². The lowest BCUT2D eigenvalue weighted by atomic mass is 9.78. The molecule has 2 aliphatic rings. The summed E-state index contributed by atoms with van der Waals surface area (Å²) in [4.78, 5) is 19.7. The predicted molar refractivity (Wildman–Crippen MR) is 120 cm³/mol. The summed E-state index contributed by atoms with van der Waals surface area (Å²) in [6.07, 6.45) is 12.8. The van der Waals surface area contributed by atoms with Gasteiger partial charge >= 0.3 is 0 Å². The van der Waals surface area contributed by atoms with Gasteiger partial charge in [0.15, 0.2) is 5.82 Å². The lowest BCUT2D eigenvalue weighted by molar-refractivity contribution is 0.0674. The Bertz CT molecular complexity index is 806. The molecule has 0 spiro atoms. The SMILES string of the molecule is COCC1CCCN(C[C@@H]2CCCCC2CNC(=O)c2ccc(-n3cccn3)nc2)C1. The molecule has 4 rings (SSSR count). The predicted octanol–water partition coefficient (Wildman–Crippen LogP) is 3.16. The van der Waals surface area contributed by atoms with Gasteiger partial charge in [0, 0.05) is 45.3 Å². The van der Waals surface area contributed by atoms with Crippen molar-refractivity contribution in [3.05, 3.63) is 42.4 Å². The van der Waals surface area contributed by atoms with Crippen molar-refractivity contribution < 1.29 is 9.53 Å². The Labute approximate surface area is 185 Å². The standard InChI is InChI=1S/C24H35N5O2/c1-31-18-19-6-4-12-28(16-19)17-22-8-3-2-7-20(22)14-26-24(30)21-9-10-23(25-15-21)29-13-5-11-27-29/h5,9-11,13,15,19-20,22H,2-4,6-8,12,14,16-18H2,1H3,(H,26,30)/t19?,20?,22-/m0/s1. The first-order chi connectivity index (χ1) is 15.2. The van der Waals surface area contributed by atoms with Crippen LogP contribution in [0.15, 0.2) is 36.8 Å². The van der Waals surface area contributed by atoms with Crippen LogP contribution in [0.5, 0.6) is 0 Å². The molecule has 1 aliphatic heterocycles. The zero-order chi connectivity index (χ0) is 21.5. The topological polar surface area (TPSA) is 72.3 Å². The second-order valence-electron chi connectivity index (χ2n) is 9.09. The molecular weight excluding hydrogens is 390 g/mol. The second kappa shape index (κ2) is 10.9. The van der Waals surface area contributed by atoms with Crippen LogP contribution in [-0.2, 0) is 4.74 Å². The zero-order valence-electron chi connectivity index (χ0n) is 18.6. The summed E-state index contributed by atoms with van der Waals surface area (Å²) in [6, 6.07) is 5.50. The molecule has 3 atom stereocenters. The van der Waals surface area contributed by atoms with Crippen molar-refractivity contribution >= 4 is 5.91 Å². The van der Waals surface area contributed by atoms with E-state index in [1.54, 1.807) is 24.2 Å². The van der Waals surface area contributed by atoms with Crippen molar-refractivity contribution in [2.75, 3.05) is 39.9 Å². The van der Waals surface area contributed by atoms with E-state index in [2.05, 4.69) is 20.3 Å². The molecule has 7 heteroatoms. The molecule has 168 valence electrons. The van der Waals surface area contributed by atoms with Crippen LogP contribution in [0.3, 0.4) is 0 Å². The Balaban J connectivity index is 1.29. The number of nitrogens with one attached hydrogen (secondary N) is 1. The van der Waals surface area contributed by atoms with Crippen molar-refractivity contribution in [2.24, 2.45) is 17.8 Å². The van der Waals surface area contributed by atoms with Gasteiger partial charge in [-0.25, -0.2) is 9.67 Å². The number of amides is 1. The largest absolute Gasteiger partial charge is 0.384 e. The number of ether oxygens (including phenoxy) is 1. The normalized spacial score (nSPS) is 24.7. The van der Waals surface area contributed by atoms with Crippen molar-refractivity contribution in [3.63, 3.8) is 0 Å². The number of nitrogens with zero attached hydrogens (tertiary/aromatic N) is 4. The quantitative estimate of drug-likeness (QED) is 0.703. The molecule has 1 saturated heterocycles. The van der Waals surface area contributed by atoms with Gasteiger partial charge in [0.1, 0.15) is 0 Å². The van der Waals surface area contributed by atoms with Crippen LogP contribution in [-0.4, -0.2) is 65.5 Å². The van der Waals surface area contributed by atoms with Gasteiger partial charge in [-0.3, -0.25) is 4.79 Å². The molecule has 0 aromatic carbocycles. The molecule has 1 amide bonds. The van der Waals surface area contributed by atoms with Crippen LogP contribution in [0.1, 0.15) is 48.9 Å². The van der Waals surface area contributed by atoms with Crippen LogP contribution in [0.2, 0.25) is 0 Å². The summed E-state index contributed by atoms with van der Waals surface area (Å²) in [7, 11) is 1.80. The molecule has 31 heavy (non-hydrogen) atoms. The maximum Gasteiger partial charge on any atom is 0.252 e. The van der Waals surface area contributed by atoms with Crippen LogP contribution < -0.4 is 5.32 Å². The maximum absolute atomic E-state index is 12.7. The fourth-order valence-electron chi connectivity index (χ4n) is 5.20. The van der Waals surface area contributed by atoms with Gasteiger partial charge in [0.25, 0.3) is 5.91 Å². The number of carbonyl (C=O) groups excluding carboxylic acids is 1. The number of aromatic nitrogens is 3. The van der Waals surface area contributed by atoms with E-state index in [1.165, 1.54) is 45.1 Å². The molecule has 1 aliphatic carbocycles. The van der Waals surface area contributed by atoms with Crippen LogP contribution in [0, 0.1) is 17.8 Å². The highest BCUT2D eigenvalue weighted by Crippen LogP contribution is 2.31. The van der Waals surface area contributed by atoms with Crippen LogP contribution >= 0.6 is 0 Å². The Hall–Kier alpha value is -2.25. The van der Waals surface area contributed by atoms with Crippen molar-refractivity contribution in [1.82, 2.24) is 25.0 Å². The number of piperidine rings is 1. The maximum atomic E-state index is 12.7. The van der Waals surface area contributed by atoms with Crippen molar-refractivity contribution in [3.8, 4) is 5.82 Å². The highest BCUT2D eigenvalue weighted by molar-refractivity contribution is 5.93. The summed E-state index contributed by atoms with van der Waals surface area (Å²) >= 11 is 0. The van der Waals surface area contributed by atoms with E-state index in [1.807, 2.05) is 24.4 Å². The minimum Gasteiger partial charge on any atom is -0.384 e. The molecule has 0 bridgehead atoms. The van der Waals surface area contributed by atoms with Crippen molar-refractivity contribution in [1.29, 1.82) is 0 Å². The average molecular weight is 426 g/mol. The molecular formula is C24H35N5O2. The van der Waals surface area contributed by atoms with Gasteiger partial charge in [-0.1, -0.05) is 12.8 Å². The molecule has 1 saturated carbocycles. The van der Waals surface area contributed by atoms with Crippen LogP contribution in [0.4, 0.5) is 0 Å². The van der Waals surface area contributed by atoms with E-state index >= 15 is 0 Å². The van der Waals surface area contributed by atoms with Gasteiger partial charge in [-0.15, -0.1) is 0 Å². The molecule has 2 fully saturated rings. The number of likely N-dealkylation sites (tertiary alicyclic amines) is 1. The molecule has 0 radical (unpaired) electrons. The minimum atomic E-state index is -0.0398. The third kappa shape index (κ3) is 5.92. The fourth-order valence-corrected chi connectivity index (χ4v) is 5.20. The smallest absolute Gasteiger partial charge is 0.252 e. The first-order valence-electron chi connectivity index (χ1n) is 11.7. The summed E-state index contributed by atoms with van der Waals surface area (Å²) in [5.41, 5.74) is 0.599. The second-order valence-corrected chi connectivity index (χ2v) is 9.09. The molecule has 2 aromatic rings. The first-order valence-corrected chi connectivity index (χ1v) is 11.7.